The second-order valence-electron chi connectivity index (χ2n) is 8.81. The Morgan fingerprint density at radius 3 is 1.90 bits per heavy atom. The van der Waals surface area contributed by atoms with Gasteiger partial charge in [0.2, 0.25) is 5.91 Å². The number of piperidine rings is 1. The summed E-state index contributed by atoms with van der Waals surface area (Å²) in [6.45, 7) is 19.2. The number of methoxy groups -OCH3 is 2. The lowest BCUT2D eigenvalue weighted by Crippen LogP contribution is -2.50. The third-order valence-electron chi connectivity index (χ3n) is 6.55. The van der Waals surface area contributed by atoms with Crippen molar-refractivity contribution in [2.24, 2.45) is 11.3 Å². The molecule has 5 heteroatoms. The van der Waals surface area contributed by atoms with Gasteiger partial charge in [0.25, 0.3) is 0 Å². The number of hydrogen-bond acceptors (Lipinski definition) is 4. The van der Waals surface area contributed by atoms with Crippen LogP contribution in [0.2, 0.25) is 0 Å². The van der Waals surface area contributed by atoms with E-state index in [1.165, 1.54) is 0 Å². The molecular formula is C24H49NO4. The number of rotatable bonds is 8. The quantitative estimate of drug-likeness (QED) is 0.539. The maximum absolute atomic E-state index is 12.5. The van der Waals surface area contributed by atoms with Crippen LogP contribution in [0.15, 0.2) is 0 Å². The topological polar surface area (TPSA) is 48.0 Å². The van der Waals surface area contributed by atoms with E-state index < -0.39 is 0 Å². The van der Waals surface area contributed by atoms with Crippen molar-refractivity contribution in [3.63, 3.8) is 0 Å². The van der Waals surface area contributed by atoms with Gasteiger partial charge < -0.3 is 19.1 Å². The molecule has 0 aromatic carbocycles. The van der Waals surface area contributed by atoms with Gasteiger partial charge in [0.05, 0.1) is 17.8 Å². The van der Waals surface area contributed by atoms with E-state index in [1.54, 1.807) is 14.2 Å². The molecule has 0 bridgehead atoms. The number of likely N-dealkylation sites (tertiary alicyclic amines) is 1. The third-order valence-corrected chi connectivity index (χ3v) is 6.55. The standard InChI is InChI=1S/C20H37NO4.2C2H6/c1-19(2,9-12-23-5)20(3,4)25-16-7-10-21(11-8-16)18(22)15-13-17(14-15)24-6;2*1-2/h15-17H,7-14H2,1-6H3;2*1-2H3. The molecule has 1 saturated heterocycles. The van der Waals surface area contributed by atoms with Crippen molar-refractivity contribution in [1.29, 1.82) is 0 Å². The number of carbonyl (C=O) groups is 1. The molecule has 1 amide bonds. The van der Waals surface area contributed by atoms with E-state index in [1.807, 2.05) is 32.6 Å². The Morgan fingerprint density at radius 1 is 0.931 bits per heavy atom. The fourth-order valence-electron chi connectivity index (χ4n) is 3.65. The molecule has 5 nitrogen and oxygen atoms in total. The maximum Gasteiger partial charge on any atom is 0.225 e. The SMILES string of the molecule is CC.CC.COCCC(C)(C)C(C)(C)OC1CCN(C(=O)C2CC(OC)C2)CC1. The summed E-state index contributed by atoms with van der Waals surface area (Å²) >= 11 is 0. The lowest BCUT2D eigenvalue weighted by atomic mass is 9.74. The van der Waals surface area contributed by atoms with Crippen molar-refractivity contribution in [1.82, 2.24) is 4.90 Å². The molecule has 1 heterocycles. The molecule has 0 spiro atoms. The summed E-state index contributed by atoms with van der Waals surface area (Å²) in [6.07, 6.45) is 5.10. The van der Waals surface area contributed by atoms with Crippen LogP contribution in [0.25, 0.3) is 0 Å². The molecule has 0 aromatic rings. The first-order valence-corrected chi connectivity index (χ1v) is 11.7. The van der Waals surface area contributed by atoms with E-state index in [4.69, 9.17) is 14.2 Å². The van der Waals surface area contributed by atoms with Crippen LogP contribution in [0, 0.1) is 11.3 Å². The fraction of sp³-hybridized carbons (Fsp3) is 0.958. The Morgan fingerprint density at radius 2 is 1.45 bits per heavy atom. The van der Waals surface area contributed by atoms with Gasteiger partial charge in [-0.2, -0.15) is 0 Å². The van der Waals surface area contributed by atoms with Crippen LogP contribution in [0.5, 0.6) is 0 Å². The zero-order chi connectivity index (χ0) is 22.7. The number of ether oxygens (including phenoxy) is 3. The van der Waals surface area contributed by atoms with Crippen LogP contribution < -0.4 is 0 Å². The van der Waals surface area contributed by atoms with Crippen LogP contribution in [-0.2, 0) is 19.0 Å². The van der Waals surface area contributed by atoms with Crippen molar-refractivity contribution in [3.05, 3.63) is 0 Å². The van der Waals surface area contributed by atoms with Gasteiger partial charge in [-0.15, -0.1) is 0 Å². The van der Waals surface area contributed by atoms with E-state index in [0.29, 0.717) is 5.91 Å². The second-order valence-corrected chi connectivity index (χ2v) is 8.81. The van der Waals surface area contributed by atoms with E-state index in [9.17, 15) is 4.79 Å². The van der Waals surface area contributed by atoms with Gasteiger partial charge in [0, 0.05) is 39.8 Å². The summed E-state index contributed by atoms with van der Waals surface area (Å²) in [5.74, 6) is 0.485. The number of carbonyl (C=O) groups excluding carboxylic acids is 1. The molecule has 0 atom stereocenters. The van der Waals surface area contributed by atoms with Crippen LogP contribution in [-0.4, -0.2) is 62.5 Å². The van der Waals surface area contributed by atoms with Crippen molar-refractivity contribution in [2.75, 3.05) is 33.9 Å². The average molecular weight is 416 g/mol. The first kappa shape index (κ1) is 28.4. The predicted octanol–water partition coefficient (Wildman–Crippen LogP) is 5.31. The zero-order valence-electron chi connectivity index (χ0n) is 21.0. The number of hydrogen-bond donors (Lipinski definition) is 0. The smallest absolute Gasteiger partial charge is 0.225 e. The summed E-state index contributed by atoms with van der Waals surface area (Å²) in [6, 6.07) is 0. The minimum absolute atomic E-state index is 0.0387. The number of amides is 1. The Labute approximate surface area is 180 Å². The maximum atomic E-state index is 12.5. The molecule has 1 saturated carbocycles. The van der Waals surface area contributed by atoms with Gasteiger partial charge in [-0.3, -0.25) is 4.79 Å². The molecular weight excluding hydrogens is 366 g/mol. The summed E-state index contributed by atoms with van der Waals surface area (Å²) in [7, 11) is 3.47. The van der Waals surface area contributed by atoms with Crippen molar-refractivity contribution < 1.29 is 19.0 Å². The van der Waals surface area contributed by atoms with E-state index in [0.717, 1.165) is 51.8 Å². The lowest BCUT2D eigenvalue weighted by molar-refractivity contribution is -0.162. The molecule has 2 rings (SSSR count). The van der Waals surface area contributed by atoms with Crippen molar-refractivity contribution >= 4 is 5.91 Å². The van der Waals surface area contributed by atoms with Gasteiger partial charge in [-0.05, 0) is 51.4 Å². The predicted molar refractivity (Wildman–Crippen MR) is 121 cm³/mol. The highest BCUT2D eigenvalue weighted by Gasteiger charge is 2.41. The summed E-state index contributed by atoms with van der Waals surface area (Å²) in [4.78, 5) is 14.6. The molecule has 0 aromatic heterocycles. The highest BCUT2D eigenvalue weighted by molar-refractivity contribution is 5.80. The van der Waals surface area contributed by atoms with Crippen LogP contribution in [0.1, 0.15) is 87.5 Å². The minimum atomic E-state index is -0.220. The van der Waals surface area contributed by atoms with Gasteiger partial charge in [-0.25, -0.2) is 0 Å². The molecule has 0 unspecified atom stereocenters. The summed E-state index contributed by atoms with van der Waals surface area (Å²) < 4.78 is 17.0. The molecule has 174 valence electrons. The molecule has 1 aliphatic heterocycles. The first-order valence-electron chi connectivity index (χ1n) is 11.7. The van der Waals surface area contributed by atoms with Gasteiger partial charge in [0.15, 0.2) is 0 Å². The van der Waals surface area contributed by atoms with Crippen molar-refractivity contribution in [3.8, 4) is 0 Å². The van der Waals surface area contributed by atoms with Crippen LogP contribution in [0.4, 0.5) is 0 Å². The minimum Gasteiger partial charge on any atom is -0.385 e. The average Bonchev–Trinajstić information content (AvgIpc) is 2.69. The second kappa shape index (κ2) is 13.6. The van der Waals surface area contributed by atoms with E-state index >= 15 is 0 Å². The Bertz CT molecular complexity index is 436. The highest BCUT2D eigenvalue weighted by atomic mass is 16.5. The Balaban J connectivity index is 0.00000184. The molecule has 0 N–H and O–H groups in total. The largest absolute Gasteiger partial charge is 0.385 e. The Kier molecular flexibility index (Phi) is 13.3. The lowest BCUT2D eigenvalue weighted by Gasteiger charge is -2.46. The van der Waals surface area contributed by atoms with Crippen molar-refractivity contribution in [2.45, 2.75) is 105 Å². The first-order chi connectivity index (χ1) is 13.7. The molecule has 2 fully saturated rings. The Hall–Kier alpha value is -0.650. The monoisotopic (exact) mass is 415 g/mol. The summed E-state index contributed by atoms with van der Waals surface area (Å²) in [5, 5.41) is 0. The molecule has 0 radical (unpaired) electrons. The van der Waals surface area contributed by atoms with Gasteiger partial charge >= 0.3 is 0 Å². The zero-order valence-corrected chi connectivity index (χ0v) is 21.0. The molecule has 29 heavy (non-hydrogen) atoms. The normalized spacial score (nSPS) is 22.6. The summed E-state index contributed by atoms with van der Waals surface area (Å²) in [5.41, 5.74) is -0.181. The molecule has 1 aliphatic carbocycles. The van der Waals surface area contributed by atoms with E-state index in [-0.39, 0.29) is 29.1 Å². The molecule has 2 aliphatic rings. The highest BCUT2D eigenvalue weighted by Crippen LogP contribution is 2.39. The third kappa shape index (κ3) is 8.18. The van der Waals surface area contributed by atoms with Crippen LogP contribution >= 0.6 is 0 Å². The number of nitrogens with zero attached hydrogens (tertiary/aromatic N) is 1. The van der Waals surface area contributed by atoms with Crippen LogP contribution in [0.3, 0.4) is 0 Å². The van der Waals surface area contributed by atoms with E-state index in [2.05, 4.69) is 27.7 Å². The van der Waals surface area contributed by atoms with Gasteiger partial charge in [-0.1, -0.05) is 41.5 Å². The fourth-order valence-corrected chi connectivity index (χ4v) is 3.65. The van der Waals surface area contributed by atoms with Gasteiger partial charge in [0.1, 0.15) is 0 Å².